The first-order valence-electron chi connectivity index (χ1n) is 5.64. The van der Waals surface area contributed by atoms with Crippen molar-refractivity contribution in [2.75, 3.05) is 11.9 Å². The number of nitrogens with zero attached hydrogens (tertiary/aromatic N) is 2. The van der Waals surface area contributed by atoms with E-state index in [2.05, 4.69) is 60.1 Å². The van der Waals surface area contributed by atoms with Gasteiger partial charge in [-0.1, -0.05) is 15.9 Å². The fraction of sp³-hybridized carbons (Fsp3) is 0.231. The monoisotopic (exact) mass is 369 g/mol. The third kappa shape index (κ3) is 2.90. The molecule has 0 saturated carbocycles. The van der Waals surface area contributed by atoms with E-state index in [0.29, 0.717) is 0 Å². The molecule has 0 aliphatic rings. The van der Waals surface area contributed by atoms with Crippen molar-refractivity contribution >= 4 is 37.7 Å². The second-order valence-electron chi connectivity index (χ2n) is 3.88. The SMILES string of the molecule is CCNc1nc(-c2ccc(Br)cc2C)ncc1Br. The molecule has 0 radical (unpaired) electrons. The Morgan fingerprint density at radius 2 is 2.06 bits per heavy atom. The zero-order chi connectivity index (χ0) is 13.1. The maximum atomic E-state index is 4.54. The minimum absolute atomic E-state index is 0.735. The molecule has 5 heteroatoms. The molecule has 1 N–H and O–H groups in total. The highest BCUT2D eigenvalue weighted by Gasteiger charge is 2.08. The normalized spacial score (nSPS) is 10.4. The highest BCUT2D eigenvalue weighted by atomic mass is 79.9. The molecule has 3 nitrogen and oxygen atoms in total. The lowest BCUT2D eigenvalue weighted by Gasteiger charge is -2.09. The van der Waals surface area contributed by atoms with Gasteiger partial charge in [0, 0.05) is 22.8 Å². The van der Waals surface area contributed by atoms with Crippen molar-refractivity contribution in [2.45, 2.75) is 13.8 Å². The number of halogens is 2. The van der Waals surface area contributed by atoms with Crippen molar-refractivity contribution in [3.8, 4) is 11.4 Å². The summed E-state index contributed by atoms with van der Waals surface area (Å²) in [6.07, 6.45) is 1.78. The van der Waals surface area contributed by atoms with Gasteiger partial charge >= 0.3 is 0 Å². The number of aryl methyl sites for hydroxylation is 1. The van der Waals surface area contributed by atoms with Crippen LogP contribution in [0.5, 0.6) is 0 Å². The van der Waals surface area contributed by atoms with E-state index in [1.165, 1.54) is 0 Å². The molecular weight excluding hydrogens is 358 g/mol. The molecule has 18 heavy (non-hydrogen) atoms. The smallest absolute Gasteiger partial charge is 0.161 e. The predicted octanol–water partition coefficient (Wildman–Crippen LogP) is 4.41. The molecule has 0 atom stereocenters. The van der Waals surface area contributed by atoms with Crippen molar-refractivity contribution in [3.05, 3.63) is 38.9 Å². The summed E-state index contributed by atoms with van der Waals surface area (Å²) in [5.74, 6) is 1.56. The van der Waals surface area contributed by atoms with Crippen molar-refractivity contribution < 1.29 is 0 Å². The molecule has 0 amide bonds. The lowest BCUT2D eigenvalue weighted by Crippen LogP contribution is -2.02. The van der Waals surface area contributed by atoms with Gasteiger partial charge in [0.2, 0.25) is 0 Å². The average Bonchev–Trinajstić information content (AvgIpc) is 2.33. The van der Waals surface area contributed by atoms with Crippen LogP contribution >= 0.6 is 31.9 Å². The topological polar surface area (TPSA) is 37.8 Å². The highest BCUT2D eigenvalue weighted by Crippen LogP contribution is 2.26. The highest BCUT2D eigenvalue weighted by molar-refractivity contribution is 9.10. The minimum atomic E-state index is 0.735. The van der Waals surface area contributed by atoms with Gasteiger partial charge in [-0.2, -0.15) is 0 Å². The Kier molecular flexibility index (Phi) is 4.35. The minimum Gasteiger partial charge on any atom is -0.369 e. The average molecular weight is 371 g/mol. The van der Waals surface area contributed by atoms with Gasteiger partial charge in [0.25, 0.3) is 0 Å². The van der Waals surface area contributed by atoms with Crippen LogP contribution in [0.1, 0.15) is 12.5 Å². The maximum absolute atomic E-state index is 4.54. The molecule has 1 aromatic carbocycles. The molecule has 0 fully saturated rings. The van der Waals surface area contributed by atoms with Gasteiger partial charge in [-0.15, -0.1) is 0 Å². The van der Waals surface area contributed by atoms with Gasteiger partial charge < -0.3 is 5.32 Å². The first-order valence-corrected chi connectivity index (χ1v) is 7.23. The van der Waals surface area contributed by atoms with E-state index in [9.17, 15) is 0 Å². The Labute approximate surface area is 123 Å². The van der Waals surface area contributed by atoms with Crippen LogP contribution in [0.25, 0.3) is 11.4 Å². The lowest BCUT2D eigenvalue weighted by atomic mass is 10.1. The number of anilines is 1. The number of aromatic nitrogens is 2. The number of hydrogen-bond acceptors (Lipinski definition) is 3. The molecular formula is C13H13Br2N3. The van der Waals surface area contributed by atoms with Gasteiger partial charge in [0.1, 0.15) is 5.82 Å². The third-order valence-electron chi connectivity index (χ3n) is 2.52. The Morgan fingerprint density at radius 3 is 2.72 bits per heavy atom. The number of nitrogens with one attached hydrogen (secondary N) is 1. The zero-order valence-electron chi connectivity index (χ0n) is 10.2. The largest absolute Gasteiger partial charge is 0.369 e. The summed E-state index contributed by atoms with van der Waals surface area (Å²) in [5, 5.41) is 3.21. The van der Waals surface area contributed by atoms with Crippen molar-refractivity contribution in [1.29, 1.82) is 0 Å². The van der Waals surface area contributed by atoms with E-state index < -0.39 is 0 Å². The molecule has 94 valence electrons. The van der Waals surface area contributed by atoms with Crippen LogP contribution in [0.2, 0.25) is 0 Å². The summed E-state index contributed by atoms with van der Waals surface area (Å²) in [7, 11) is 0. The first kappa shape index (κ1) is 13.5. The van der Waals surface area contributed by atoms with Crippen LogP contribution in [0.3, 0.4) is 0 Å². The zero-order valence-corrected chi connectivity index (χ0v) is 13.3. The van der Waals surface area contributed by atoms with E-state index in [1.807, 2.05) is 19.1 Å². The summed E-state index contributed by atoms with van der Waals surface area (Å²) in [6, 6.07) is 6.09. The molecule has 0 aliphatic heterocycles. The predicted molar refractivity (Wildman–Crippen MR) is 81.8 cm³/mol. The van der Waals surface area contributed by atoms with E-state index in [0.717, 1.165) is 38.3 Å². The Morgan fingerprint density at radius 1 is 1.28 bits per heavy atom. The van der Waals surface area contributed by atoms with Crippen LogP contribution in [0.15, 0.2) is 33.3 Å². The van der Waals surface area contributed by atoms with Gasteiger partial charge in [-0.25, -0.2) is 9.97 Å². The van der Waals surface area contributed by atoms with Crippen LogP contribution in [0.4, 0.5) is 5.82 Å². The second kappa shape index (κ2) is 5.80. The van der Waals surface area contributed by atoms with Crippen LogP contribution < -0.4 is 5.32 Å². The molecule has 0 spiro atoms. The molecule has 0 aliphatic carbocycles. The Hall–Kier alpha value is -0.940. The van der Waals surface area contributed by atoms with Gasteiger partial charge in [0.05, 0.1) is 4.47 Å². The fourth-order valence-electron chi connectivity index (χ4n) is 1.67. The summed E-state index contributed by atoms with van der Waals surface area (Å²) in [4.78, 5) is 8.91. The van der Waals surface area contributed by atoms with Crippen molar-refractivity contribution in [1.82, 2.24) is 9.97 Å². The van der Waals surface area contributed by atoms with E-state index in [-0.39, 0.29) is 0 Å². The van der Waals surface area contributed by atoms with E-state index in [4.69, 9.17) is 0 Å². The number of rotatable bonds is 3. The van der Waals surface area contributed by atoms with Gasteiger partial charge in [0.15, 0.2) is 5.82 Å². The lowest BCUT2D eigenvalue weighted by molar-refractivity contribution is 1.10. The molecule has 2 aromatic rings. The molecule has 0 unspecified atom stereocenters. The van der Waals surface area contributed by atoms with E-state index >= 15 is 0 Å². The van der Waals surface area contributed by atoms with Crippen LogP contribution in [0, 0.1) is 6.92 Å². The number of benzene rings is 1. The summed E-state index contributed by atoms with van der Waals surface area (Å²) >= 11 is 6.90. The first-order chi connectivity index (χ1) is 8.61. The number of hydrogen-bond donors (Lipinski definition) is 1. The summed E-state index contributed by atoms with van der Waals surface area (Å²) in [6.45, 7) is 4.92. The van der Waals surface area contributed by atoms with E-state index in [1.54, 1.807) is 6.20 Å². The Balaban J connectivity index is 2.47. The molecule has 0 saturated heterocycles. The van der Waals surface area contributed by atoms with Crippen LogP contribution in [-0.2, 0) is 0 Å². The van der Waals surface area contributed by atoms with Gasteiger partial charge in [-0.3, -0.25) is 0 Å². The Bertz CT molecular complexity index is 570. The molecule has 0 bridgehead atoms. The third-order valence-corrected chi connectivity index (χ3v) is 3.59. The molecule has 2 rings (SSSR count). The quantitative estimate of drug-likeness (QED) is 0.869. The second-order valence-corrected chi connectivity index (χ2v) is 5.65. The standard InChI is InChI=1S/C13H13Br2N3/c1-3-16-13-11(15)7-17-12(18-13)10-5-4-9(14)6-8(10)2/h4-7H,3H2,1-2H3,(H,16,17,18). The van der Waals surface area contributed by atoms with Crippen molar-refractivity contribution in [2.24, 2.45) is 0 Å². The fourth-order valence-corrected chi connectivity index (χ4v) is 2.47. The van der Waals surface area contributed by atoms with Gasteiger partial charge in [-0.05, 0) is 53.5 Å². The maximum Gasteiger partial charge on any atom is 0.161 e. The molecule has 1 heterocycles. The molecule has 1 aromatic heterocycles. The van der Waals surface area contributed by atoms with Crippen LogP contribution in [-0.4, -0.2) is 16.5 Å². The summed E-state index contributed by atoms with van der Waals surface area (Å²) < 4.78 is 1.94. The summed E-state index contributed by atoms with van der Waals surface area (Å²) in [5.41, 5.74) is 2.19. The van der Waals surface area contributed by atoms with Crippen molar-refractivity contribution in [3.63, 3.8) is 0 Å².